The van der Waals surface area contributed by atoms with Crippen molar-refractivity contribution in [1.29, 1.82) is 0 Å². The van der Waals surface area contributed by atoms with Crippen LogP contribution in [0.25, 0.3) is 0 Å². The molecule has 2 N–H and O–H groups in total. The average molecular weight is 355 g/mol. The molecule has 1 aromatic rings. The number of benzene rings is 1. The number of sulfonamides is 1. The molecule has 1 aliphatic rings. The van der Waals surface area contributed by atoms with Crippen LogP contribution in [0.3, 0.4) is 0 Å². The summed E-state index contributed by atoms with van der Waals surface area (Å²) in [6.07, 6.45) is 1.70. The van der Waals surface area contributed by atoms with Crippen LogP contribution in [0.5, 0.6) is 5.75 Å². The van der Waals surface area contributed by atoms with E-state index in [4.69, 9.17) is 4.74 Å². The van der Waals surface area contributed by atoms with E-state index in [1.807, 2.05) is 14.0 Å². The van der Waals surface area contributed by atoms with Crippen molar-refractivity contribution in [3.05, 3.63) is 23.8 Å². The second kappa shape index (κ2) is 7.96. The highest BCUT2D eigenvalue weighted by Crippen LogP contribution is 2.29. The monoisotopic (exact) mass is 355 g/mol. The van der Waals surface area contributed by atoms with Crippen LogP contribution in [0, 0.1) is 0 Å². The van der Waals surface area contributed by atoms with E-state index in [0.717, 1.165) is 12.8 Å². The molecule has 0 aromatic heterocycles. The third kappa shape index (κ3) is 4.06. The number of likely N-dealkylation sites (N-methyl/N-ethyl adjacent to an activating group) is 1. The molecule has 0 spiro atoms. The minimum Gasteiger partial charge on any atom is -0.495 e. The normalized spacial score (nSPS) is 16.8. The Labute approximate surface area is 143 Å². The van der Waals surface area contributed by atoms with Crippen molar-refractivity contribution in [1.82, 2.24) is 14.9 Å². The molecular formula is C16H25N3O4S. The van der Waals surface area contributed by atoms with Gasteiger partial charge in [0.1, 0.15) is 10.6 Å². The van der Waals surface area contributed by atoms with E-state index in [1.165, 1.54) is 23.5 Å². The van der Waals surface area contributed by atoms with Crippen molar-refractivity contribution in [3.8, 4) is 5.75 Å². The van der Waals surface area contributed by atoms with Crippen LogP contribution in [0.4, 0.5) is 0 Å². The van der Waals surface area contributed by atoms with Gasteiger partial charge in [0.05, 0.1) is 7.11 Å². The molecule has 8 heteroatoms. The number of nitrogens with one attached hydrogen (secondary N) is 2. The Kier molecular flexibility index (Phi) is 6.20. The van der Waals surface area contributed by atoms with E-state index in [9.17, 15) is 13.2 Å². The van der Waals surface area contributed by atoms with Crippen LogP contribution in [0.2, 0.25) is 0 Å². The molecule has 0 bridgehead atoms. The molecule has 1 heterocycles. The molecule has 1 unspecified atom stereocenters. The molecule has 134 valence electrons. The summed E-state index contributed by atoms with van der Waals surface area (Å²) < 4.78 is 32.2. The van der Waals surface area contributed by atoms with Crippen molar-refractivity contribution in [2.24, 2.45) is 0 Å². The minimum atomic E-state index is -3.66. The molecular weight excluding hydrogens is 330 g/mol. The minimum absolute atomic E-state index is 0.0428. The molecule has 24 heavy (non-hydrogen) atoms. The summed E-state index contributed by atoms with van der Waals surface area (Å²) in [4.78, 5) is 12.3. The lowest BCUT2D eigenvalue weighted by atomic mass is 10.2. The molecule has 7 nitrogen and oxygen atoms in total. The van der Waals surface area contributed by atoms with Gasteiger partial charge in [0.2, 0.25) is 10.0 Å². The van der Waals surface area contributed by atoms with Gasteiger partial charge in [-0.2, -0.15) is 4.31 Å². The van der Waals surface area contributed by atoms with Gasteiger partial charge in [-0.05, 0) is 45.0 Å². The average Bonchev–Trinajstić information content (AvgIpc) is 3.14. The Balaban J connectivity index is 2.29. The number of hydrogen-bond donors (Lipinski definition) is 2. The van der Waals surface area contributed by atoms with E-state index in [0.29, 0.717) is 25.2 Å². The quantitative estimate of drug-likeness (QED) is 0.756. The largest absolute Gasteiger partial charge is 0.495 e. The SMILES string of the molecule is CNC(C)CNC(=O)c1ccc(OC)c(S(=O)(=O)N2CCCC2)c1. The van der Waals surface area contributed by atoms with Crippen molar-refractivity contribution < 1.29 is 17.9 Å². The molecule has 1 amide bonds. The van der Waals surface area contributed by atoms with Crippen molar-refractivity contribution >= 4 is 15.9 Å². The van der Waals surface area contributed by atoms with Gasteiger partial charge in [-0.15, -0.1) is 0 Å². The highest BCUT2D eigenvalue weighted by molar-refractivity contribution is 7.89. The number of carbonyl (C=O) groups is 1. The first-order valence-corrected chi connectivity index (χ1v) is 9.47. The van der Waals surface area contributed by atoms with Gasteiger partial charge in [-0.1, -0.05) is 0 Å². The highest BCUT2D eigenvalue weighted by Gasteiger charge is 2.30. The summed E-state index contributed by atoms with van der Waals surface area (Å²) in [5, 5.41) is 5.81. The highest BCUT2D eigenvalue weighted by atomic mass is 32.2. The molecule has 1 aliphatic heterocycles. The smallest absolute Gasteiger partial charge is 0.251 e. The third-order valence-corrected chi connectivity index (χ3v) is 6.09. The van der Waals surface area contributed by atoms with E-state index in [1.54, 1.807) is 6.07 Å². The fourth-order valence-corrected chi connectivity index (χ4v) is 4.24. The zero-order chi connectivity index (χ0) is 17.7. The van der Waals surface area contributed by atoms with E-state index < -0.39 is 10.0 Å². The molecule has 1 saturated heterocycles. The third-order valence-electron chi connectivity index (χ3n) is 4.17. The second-order valence-electron chi connectivity index (χ2n) is 5.88. The number of carbonyl (C=O) groups excluding carboxylic acids is 1. The van der Waals surface area contributed by atoms with Crippen LogP contribution in [-0.2, 0) is 10.0 Å². The molecule has 0 saturated carbocycles. The van der Waals surface area contributed by atoms with Crippen LogP contribution >= 0.6 is 0 Å². The number of ether oxygens (including phenoxy) is 1. The molecule has 0 radical (unpaired) electrons. The standard InChI is InChI=1S/C16H25N3O4S/c1-12(17-2)11-18-16(20)13-6-7-14(23-3)15(10-13)24(21,22)19-8-4-5-9-19/h6-7,10,12,17H,4-5,8-9,11H2,1-3H3,(H,18,20). The lowest BCUT2D eigenvalue weighted by molar-refractivity contribution is 0.0950. The predicted octanol–water partition coefficient (Wildman–Crippen LogP) is 0.817. The first-order chi connectivity index (χ1) is 11.4. The number of hydrogen-bond acceptors (Lipinski definition) is 5. The van der Waals surface area contributed by atoms with Gasteiger partial charge in [0.15, 0.2) is 0 Å². The summed E-state index contributed by atoms with van der Waals surface area (Å²) in [6, 6.07) is 4.62. The molecule has 0 aliphatic carbocycles. The van der Waals surface area contributed by atoms with Crippen LogP contribution in [0.15, 0.2) is 23.1 Å². The second-order valence-corrected chi connectivity index (χ2v) is 7.78. The van der Waals surface area contributed by atoms with Gasteiger partial charge in [0, 0.05) is 31.2 Å². The van der Waals surface area contributed by atoms with Gasteiger partial charge < -0.3 is 15.4 Å². The maximum atomic E-state index is 12.8. The van der Waals surface area contributed by atoms with E-state index >= 15 is 0 Å². The topological polar surface area (TPSA) is 87.7 Å². The van der Waals surface area contributed by atoms with Crippen LogP contribution in [0.1, 0.15) is 30.1 Å². The molecule has 1 atom stereocenters. The summed E-state index contributed by atoms with van der Waals surface area (Å²) >= 11 is 0. The number of methoxy groups -OCH3 is 1. The fourth-order valence-electron chi connectivity index (χ4n) is 2.54. The predicted molar refractivity (Wildman–Crippen MR) is 91.8 cm³/mol. The summed E-state index contributed by atoms with van der Waals surface area (Å²) in [5.41, 5.74) is 0.303. The summed E-state index contributed by atoms with van der Waals surface area (Å²) in [5.74, 6) is -0.0559. The van der Waals surface area contributed by atoms with Crippen molar-refractivity contribution in [2.45, 2.75) is 30.7 Å². The maximum Gasteiger partial charge on any atom is 0.251 e. The van der Waals surface area contributed by atoms with E-state index in [-0.39, 0.29) is 22.6 Å². The number of rotatable bonds is 7. The van der Waals surface area contributed by atoms with Gasteiger partial charge in [-0.3, -0.25) is 4.79 Å². The molecule has 1 fully saturated rings. The maximum absolute atomic E-state index is 12.8. The number of nitrogens with zero attached hydrogens (tertiary/aromatic N) is 1. The fraction of sp³-hybridized carbons (Fsp3) is 0.562. The first-order valence-electron chi connectivity index (χ1n) is 8.03. The van der Waals surface area contributed by atoms with Crippen LogP contribution < -0.4 is 15.4 Å². The van der Waals surface area contributed by atoms with Crippen molar-refractivity contribution in [3.63, 3.8) is 0 Å². The summed E-state index contributed by atoms with van der Waals surface area (Å²) in [7, 11) is -0.424. The molecule has 2 rings (SSSR count). The Morgan fingerprint density at radius 1 is 1.33 bits per heavy atom. The van der Waals surface area contributed by atoms with Gasteiger partial charge in [-0.25, -0.2) is 8.42 Å². The first kappa shape index (κ1) is 18.7. The molecule has 1 aromatic carbocycles. The summed E-state index contributed by atoms with van der Waals surface area (Å²) in [6.45, 7) is 3.40. The number of amides is 1. The van der Waals surface area contributed by atoms with Gasteiger partial charge >= 0.3 is 0 Å². The lowest BCUT2D eigenvalue weighted by Crippen LogP contribution is -2.37. The zero-order valence-electron chi connectivity index (χ0n) is 14.3. The van der Waals surface area contributed by atoms with Crippen LogP contribution in [-0.4, -0.2) is 58.5 Å². The van der Waals surface area contributed by atoms with E-state index in [2.05, 4.69) is 10.6 Å². The van der Waals surface area contributed by atoms with Gasteiger partial charge in [0.25, 0.3) is 5.91 Å². The Morgan fingerprint density at radius 3 is 2.58 bits per heavy atom. The Bertz CT molecular complexity index is 685. The van der Waals surface area contributed by atoms with Crippen molar-refractivity contribution in [2.75, 3.05) is 33.8 Å². The Morgan fingerprint density at radius 2 is 2.00 bits per heavy atom. The lowest BCUT2D eigenvalue weighted by Gasteiger charge is -2.18. The zero-order valence-corrected chi connectivity index (χ0v) is 15.1. The Hall–Kier alpha value is -1.64.